The van der Waals surface area contributed by atoms with Gasteiger partial charge in [-0.25, -0.2) is 14.7 Å². The zero-order valence-corrected chi connectivity index (χ0v) is 13.7. The number of hydrogen-bond donors (Lipinski definition) is 3. The average molecular weight is 335 g/mol. The van der Waals surface area contributed by atoms with Crippen LogP contribution in [0.25, 0.3) is 0 Å². The molecule has 0 bridgehead atoms. The fourth-order valence-electron chi connectivity index (χ4n) is 2.91. The number of rotatable bonds is 5. The van der Waals surface area contributed by atoms with Gasteiger partial charge in [0.2, 0.25) is 0 Å². The Morgan fingerprint density at radius 1 is 1.48 bits per heavy atom. The Kier molecular flexibility index (Phi) is 5.12. The van der Waals surface area contributed by atoms with Crippen molar-refractivity contribution >= 4 is 17.4 Å². The van der Waals surface area contributed by atoms with Gasteiger partial charge in [0, 0.05) is 18.0 Å². The first-order valence-corrected chi connectivity index (χ1v) is 8.83. The fraction of sp³-hybridized carbons (Fsp3) is 0.533. The van der Waals surface area contributed by atoms with Gasteiger partial charge in [-0.2, -0.15) is 5.10 Å². The molecule has 2 amide bonds. The van der Waals surface area contributed by atoms with Crippen LogP contribution in [0.4, 0.5) is 4.79 Å². The fourth-order valence-corrected chi connectivity index (χ4v) is 3.67. The molecule has 1 aliphatic heterocycles. The topological polar surface area (TPSA) is 93.9 Å². The molecule has 1 saturated heterocycles. The molecule has 3 rings (SSSR count). The van der Waals surface area contributed by atoms with Crippen molar-refractivity contribution in [3.05, 3.63) is 38.7 Å². The number of likely N-dealkylation sites (tertiary alicyclic amines) is 1. The standard InChI is InChI=1S/C15H21N5O2S/c21-14-17-13(18-19-14)12-7-1-2-9-20(12)15(22)16-8-3-5-11-6-4-10-23-11/h4,6,10,12H,1-3,5,7-9H2,(H,16,22)(H2,17,18,19,21). The summed E-state index contributed by atoms with van der Waals surface area (Å²) in [5.41, 5.74) is -0.332. The van der Waals surface area contributed by atoms with E-state index < -0.39 is 0 Å². The van der Waals surface area contributed by atoms with Gasteiger partial charge in [0.05, 0.1) is 6.04 Å². The van der Waals surface area contributed by atoms with E-state index in [1.807, 2.05) is 6.07 Å². The van der Waals surface area contributed by atoms with E-state index in [1.165, 1.54) is 4.88 Å². The van der Waals surface area contributed by atoms with E-state index in [9.17, 15) is 9.59 Å². The SMILES string of the molecule is O=C(NCCCc1cccs1)N1CCCCC1c1n[nH]c(=O)[nH]1. The van der Waals surface area contributed by atoms with Gasteiger partial charge >= 0.3 is 11.7 Å². The summed E-state index contributed by atoms with van der Waals surface area (Å²) in [5.74, 6) is 0.545. The molecule has 8 heteroatoms. The van der Waals surface area contributed by atoms with Gasteiger partial charge < -0.3 is 10.2 Å². The zero-order chi connectivity index (χ0) is 16.1. The summed E-state index contributed by atoms with van der Waals surface area (Å²) in [4.78, 5) is 29.5. The molecule has 0 aliphatic carbocycles. The van der Waals surface area contributed by atoms with Crippen LogP contribution in [0.5, 0.6) is 0 Å². The van der Waals surface area contributed by atoms with E-state index in [4.69, 9.17) is 0 Å². The maximum absolute atomic E-state index is 12.4. The minimum Gasteiger partial charge on any atom is -0.338 e. The Labute approximate surface area is 138 Å². The second-order valence-electron chi connectivity index (χ2n) is 5.68. The summed E-state index contributed by atoms with van der Waals surface area (Å²) in [6.07, 6.45) is 4.73. The summed E-state index contributed by atoms with van der Waals surface area (Å²) < 4.78 is 0. The number of aromatic nitrogens is 3. The normalized spacial score (nSPS) is 18.1. The first kappa shape index (κ1) is 15.8. The number of piperidine rings is 1. The molecular formula is C15H21N5O2S. The number of nitrogens with zero attached hydrogens (tertiary/aromatic N) is 2. The lowest BCUT2D eigenvalue weighted by Crippen LogP contribution is -2.45. The molecule has 3 heterocycles. The summed E-state index contributed by atoms with van der Waals surface area (Å²) in [5, 5.41) is 11.4. The highest BCUT2D eigenvalue weighted by Crippen LogP contribution is 2.27. The quantitative estimate of drug-likeness (QED) is 0.730. The predicted molar refractivity (Wildman–Crippen MR) is 88.5 cm³/mol. The number of aromatic amines is 2. The molecule has 1 unspecified atom stereocenters. The lowest BCUT2D eigenvalue weighted by Gasteiger charge is -2.34. The Balaban J connectivity index is 1.52. The van der Waals surface area contributed by atoms with E-state index in [0.29, 0.717) is 18.9 Å². The van der Waals surface area contributed by atoms with Crippen LogP contribution in [0.2, 0.25) is 0 Å². The van der Waals surface area contributed by atoms with Crippen LogP contribution in [0, 0.1) is 0 Å². The van der Waals surface area contributed by atoms with Crippen LogP contribution in [-0.4, -0.2) is 39.2 Å². The maximum atomic E-state index is 12.4. The smallest absolute Gasteiger partial charge is 0.338 e. The van der Waals surface area contributed by atoms with Crippen molar-refractivity contribution in [3.8, 4) is 0 Å². The minimum atomic E-state index is -0.332. The molecular weight excluding hydrogens is 314 g/mol. The van der Waals surface area contributed by atoms with Crippen LogP contribution in [0.1, 0.15) is 42.4 Å². The molecule has 0 saturated carbocycles. The monoisotopic (exact) mass is 335 g/mol. The summed E-state index contributed by atoms with van der Waals surface area (Å²) in [6, 6.07) is 3.92. The number of carbonyl (C=O) groups excluding carboxylic acids is 1. The van der Waals surface area contributed by atoms with Crippen LogP contribution < -0.4 is 11.0 Å². The van der Waals surface area contributed by atoms with Crippen LogP contribution in [0.15, 0.2) is 22.3 Å². The number of hydrogen-bond acceptors (Lipinski definition) is 4. The van der Waals surface area contributed by atoms with Crippen molar-refractivity contribution in [3.63, 3.8) is 0 Å². The summed E-state index contributed by atoms with van der Waals surface area (Å²) in [6.45, 7) is 1.34. The second-order valence-corrected chi connectivity index (χ2v) is 6.72. The number of thiophene rings is 1. The third-order valence-corrected chi connectivity index (χ3v) is 4.99. The van der Waals surface area contributed by atoms with Crippen LogP contribution >= 0.6 is 11.3 Å². The van der Waals surface area contributed by atoms with E-state index in [2.05, 4.69) is 31.9 Å². The van der Waals surface area contributed by atoms with Gasteiger partial charge in [-0.05, 0) is 43.6 Å². The third-order valence-electron chi connectivity index (χ3n) is 4.06. The first-order chi connectivity index (χ1) is 11.2. The largest absolute Gasteiger partial charge is 0.340 e. The number of H-pyrrole nitrogens is 2. The molecule has 0 aromatic carbocycles. The molecule has 7 nitrogen and oxygen atoms in total. The molecule has 124 valence electrons. The number of carbonyl (C=O) groups is 1. The number of amides is 2. The van der Waals surface area contributed by atoms with Gasteiger partial charge in [0.1, 0.15) is 0 Å². The highest BCUT2D eigenvalue weighted by molar-refractivity contribution is 7.09. The lowest BCUT2D eigenvalue weighted by atomic mass is 10.0. The lowest BCUT2D eigenvalue weighted by molar-refractivity contribution is 0.147. The summed E-state index contributed by atoms with van der Waals surface area (Å²) >= 11 is 1.74. The van der Waals surface area contributed by atoms with Crippen LogP contribution in [-0.2, 0) is 6.42 Å². The van der Waals surface area contributed by atoms with Crippen molar-refractivity contribution in [2.24, 2.45) is 0 Å². The van der Waals surface area contributed by atoms with E-state index in [0.717, 1.165) is 32.1 Å². The Morgan fingerprint density at radius 3 is 3.13 bits per heavy atom. The van der Waals surface area contributed by atoms with Crippen molar-refractivity contribution in [1.82, 2.24) is 25.4 Å². The van der Waals surface area contributed by atoms with Gasteiger partial charge in [0.15, 0.2) is 5.82 Å². The second kappa shape index (κ2) is 7.45. The van der Waals surface area contributed by atoms with E-state index in [-0.39, 0.29) is 17.8 Å². The Bertz CT molecular complexity index is 678. The first-order valence-electron chi connectivity index (χ1n) is 7.95. The number of aryl methyl sites for hydroxylation is 1. The zero-order valence-electron chi connectivity index (χ0n) is 12.9. The average Bonchev–Trinajstić information content (AvgIpc) is 3.23. The molecule has 23 heavy (non-hydrogen) atoms. The molecule has 3 N–H and O–H groups in total. The minimum absolute atomic E-state index is 0.0790. The van der Waals surface area contributed by atoms with Crippen LogP contribution in [0.3, 0.4) is 0 Å². The van der Waals surface area contributed by atoms with Crippen molar-refractivity contribution < 1.29 is 4.79 Å². The van der Waals surface area contributed by atoms with Gasteiger partial charge in [0.25, 0.3) is 0 Å². The molecule has 1 aliphatic rings. The van der Waals surface area contributed by atoms with Gasteiger partial charge in [-0.1, -0.05) is 6.07 Å². The maximum Gasteiger partial charge on any atom is 0.340 e. The highest BCUT2D eigenvalue weighted by Gasteiger charge is 2.30. The molecule has 0 radical (unpaired) electrons. The van der Waals surface area contributed by atoms with Gasteiger partial charge in [-0.3, -0.25) is 4.98 Å². The van der Waals surface area contributed by atoms with Crippen molar-refractivity contribution in [2.75, 3.05) is 13.1 Å². The number of urea groups is 1. The van der Waals surface area contributed by atoms with Crippen molar-refractivity contribution in [1.29, 1.82) is 0 Å². The molecule has 0 spiro atoms. The van der Waals surface area contributed by atoms with Crippen molar-refractivity contribution in [2.45, 2.75) is 38.1 Å². The van der Waals surface area contributed by atoms with Gasteiger partial charge in [-0.15, -0.1) is 11.3 Å². The predicted octanol–water partition coefficient (Wildman–Crippen LogP) is 2.03. The Hall–Kier alpha value is -2.09. The molecule has 2 aromatic rings. The third kappa shape index (κ3) is 4.01. The Morgan fingerprint density at radius 2 is 2.39 bits per heavy atom. The van der Waals surface area contributed by atoms with E-state index >= 15 is 0 Å². The molecule has 1 atom stereocenters. The summed E-state index contributed by atoms with van der Waals surface area (Å²) in [7, 11) is 0. The molecule has 2 aromatic heterocycles. The van der Waals surface area contributed by atoms with E-state index in [1.54, 1.807) is 16.2 Å². The highest BCUT2D eigenvalue weighted by atomic mass is 32.1. The number of nitrogens with one attached hydrogen (secondary N) is 3. The molecule has 1 fully saturated rings.